The van der Waals surface area contributed by atoms with Crippen LogP contribution in [-0.4, -0.2) is 38.3 Å². The van der Waals surface area contributed by atoms with Crippen LogP contribution >= 0.6 is 11.6 Å². The number of Topliss-reactive ketones (excluding diaryl/α,β-unsaturated/α-hetero) is 1. The zero-order valence-electron chi connectivity index (χ0n) is 21.6. The lowest BCUT2D eigenvalue weighted by Gasteiger charge is -2.12. The number of carbonyl (C=O) groups excluding carboxylic acids is 1. The maximum Gasteiger partial charge on any atom is 0.352 e. The number of halogens is 1. The Kier molecular flexibility index (Phi) is 7.71. The van der Waals surface area contributed by atoms with Crippen LogP contribution in [0.3, 0.4) is 0 Å². The Morgan fingerprint density at radius 2 is 1.76 bits per heavy atom. The maximum atomic E-state index is 12.3. The first kappa shape index (κ1) is 26.4. The molecule has 4 aromatic rings. The van der Waals surface area contributed by atoms with E-state index in [0.29, 0.717) is 40.4 Å². The number of carbonyl (C=O) groups is 2. The van der Waals surface area contributed by atoms with Crippen molar-refractivity contribution in [2.75, 3.05) is 7.11 Å². The summed E-state index contributed by atoms with van der Waals surface area (Å²) < 4.78 is 14.7. The lowest BCUT2D eigenvalue weighted by atomic mass is 9.98. The molecule has 2 aromatic carbocycles. The number of hydrogen-bond donors (Lipinski definition) is 1. The van der Waals surface area contributed by atoms with Gasteiger partial charge in [-0.15, -0.1) is 0 Å². The summed E-state index contributed by atoms with van der Waals surface area (Å²) in [4.78, 5) is 24.0. The minimum atomic E-state index is -1.05. The number of ketones is 1. The van der Waals surface area contributed by atoms with Crippen molar-refractivity contribution in [3.63, 3.8) is 0 Å². The number of rotatable bonds is 10. The number of methoxy groups -OCH3 is 1. The van der Waals surface area contributed by atoms with E-state index >= 15 is 0 Å². The average molecular weight is 524 g/mol. The van der Waals surface area contributed by atoms with Gasteiger partial charge >= 0.3 is 5.97 Å². The van der Waals surface area contributed by atoms with Gasteiger partial charge in [0.05, 0.1) is 36.6 Å². The number of benzene rings is 2. The number of carboxylic acid groups (broad SMARTS) is 1. The normalized spacial score (nSPS) is 11.3. The first-order chi connectivity index (χ1) is 17.6. The summed E-state index contributed by atoms with van der Waals surface area (Å²) in [5, 5.41) is 16.0. The fourth-order valence-electron chi connectivity index (χ4n) is 4.75. The molecule has 4 rings (SSSR count). The van der Waals surface area contributed by atoms with Gasteiger partial charge < -0.3 is 23.9 Å². The van der Waals surface area contributed by atoms with E-state index in [1.807, 2.05) is 44.3 Å². The Labute approximate surface area is 220 Å². The Hall–Kier alpha value is -3.62. The summed E-state index contributed by atoms with van der Waals surface area (Å²) in [7, 11) is 5.20. The molecule has 9 heteroatoms. The van der Waals surface area contributed by atoms with Gasteiger partial charge in [-0.2, -0.15) is 5.10 Å². The van der Waals surface area contributed by atoms with Crippen LogP contribution in [-0.2, 0) is 43.3 Å². The van der Waals surface area contributed by atoms with Crippen LogP contribution in [0.4, 0.5) is 0 Å². The third-order valence-electron chi connectivity index (χ3n) is 6.66. The number of aromatic nitrogens is 3. The monoisotopic (exact) mass is 523 g/mol. The molecule has 0 radical (unpaired) electrons. The summed E-state index contributed by atoms with van der Waals surface area (Å²) in [5.74, 6) is -0.271. The van der Waals surface area contributed by atoms with E-state index in [0.717, 1.165) is 28.0 Å². The van der Waals surface area contributed by atoms with E-state index < -0.39 is 5.97 Å². The van der Waals surface area contributed by atoms with E-state index in [4.69, 9.17) is 21.1 Å². The smallest absolute Gasteiger partial charge is 0.352 e. The second-order valence-electron chi connectivity index (χ2n) is 9.08. The zero-order valence-corrected chi connectivity index (χ0v) is 22.3. The van der Waals surface area contributed by atoms with Gasteiger partial charge in [-0.1, -0.05) is 29.8 Å². The van der Waals surface area contributed by atoms with Crippen LogP contribution in [0, 0.1) is 6.92 Å². The third kappa shape index (κ3) is 5.12. The molecule has 0 aliphatic rings. The number of hydrogen-bond acceptors (Lipinski definition) is 5. The standard InChI is InChI=1S/C28H30ClN3O5/c1-16(33)6-11-21-20-12-13-22(29)25(26(20)31(3)27(21)28(34)35)24-17(2)32(4)30-23(24)15-37-14-18-7-9-19(36-5)10-8-18/h7-10,12-13H,6,11,14-15H2,1-5H3,(H,34,35). The van der Waals surface area contributed by atoms with Gasteiger partial charge in [-0.25, -0.2) is 4.79 Å². The van der Waals surface area contributed by atoms with Crippen molar-refractivity contribution in [2.45, 2.75) is 39.9 Å². The quantitative estimate of drug-likeness (QED) is 0.295. The summed E-state index contributed by atoms with van der Waals surface area (Å²) in [6, 6.07) is 11.3. The SMILES string of the molecule is COc1ccc(COCc2nn(C)c(C)c2-c2c(Cl)ccc3c(CCC(C)=O)c(C(=O)O)n(C)c23)cc1. The summed E-state index contributed by atoms with van der Waals surface area (Å²) in [5.41, 5.74) is 5.55. The number of ether oxygens (including phenoxy) is 2. The van der Waals surface area contributed by atoms with Gasteiger partial charge in [0.2, 0.25) is 0 Å². The van der Waals surface area contributed by atoms with Gasteiger partial charge in [0, 0.05) is 42.7 Å². The van der Waals surface area contributed by atoms with E-state index in [9.17, 15) is 14.7 Å². The maximum absolute atomic E-state index is 12.3. The van der Waals surface area contributed by atoms with Crippen LogP contribution < -0.4 is 4.74 Å². The van der Waals surface area contributed by atoms with E-state index in [1.54, 1.807) is 29.5 Å². The Morgan fingerprint density at radius 3 is 2.38 bits per heavy atom. The second-order valence-corrected chi connectivity index (χ2v) is 9.49. The van der Waals surface area contributed by atoms with Crippen LogP contribution in [0.1, 0.15) is 46.3 Å². The predicted molar refractivity (Wildman–Crippen MR) is 142 cm³/mol. The Bertz CT molecular complexity index is 1480. The third-order valence-corrected chi connectivity index (χ3v) is 6.98. The molecule has 0 amide bonds. The van der Waals surface area contributed by atoms with E-state index in [-0.39, 0.29) is 24.5 Å². The lowest BCUT2D eigenvalue weighted by molar-refractivity contribution is -0.116. The first-order valence-corrected chi connectivity index (χ1v) is 12.3. The number of carboxylic acids is 1. The fraction of sp³-hybridized carbons (Fsp3) is 0.321. The van der Waals surface area contributed by atoms with Crippen LogP contribution in [0.5, 0.6) is 5.75 Å². The molecule has 2 heterocycles. The largest absolute Gasteiger partial charge is 0.497 e. The molecule has 0 bridgehead atoms. The van der Waals surface area contributed by atoms with Crippen molar-refractivity contribution >= 4 is 34.3 Å². The molecule has 0 unspecified atom stereocenters. The van der Waals surface area contributed by atoms with Crippen molar-refractivity contribution in [1.29, 1.82) is 0 Å². The molecule has 0 fully saturated rings. The van der Waals surface area contributed by atoms with Gasteiger partial charge in [0.25, 0.3) is 0 Å². The highest BCUT2D eigenvalue weighted by Gasteiger charge is 2.27. The number of fused-ring (bicyclic) bond motifs is 1. The minimum absolute atomic E-state index is 0.00178. The molecule has 0 saturated heterocycles. The summed E-state index contributed by atoms with van der Waals surface area (Å²) in [6.07, 6.45) is 0.590. The summed E-state index contributed by atoms with van der Waals surface area (Å²) in [6.45, 7) is 4.08. The van der Waals surface area contributed by atoms with Crippen molar-refractivity contribution in [3.05, 3.63) is 69.6 Å². The van der Waals surface area contributed by atoms with Crippen LogP contribution in [0.25, 0.3) is 22.0 Å². The highest BCUT2D eigenvalue weighted by molar-refractivity contribution is 6.35. The second kappa shape index (κ2) is 10.8. The molecular formula is C28H30ClN3O5. The van der Waals surface area contributed by atoms with Crippen molar-refractivity contribution < 1.29 is 24.2 Å². The summed E-state index contributed by atoms with van der Waals surface area (Å²) >= 11 is 6.79. The zero-order chi connectivity index (χ0) is 26.9. The molecular weight excluding hydrogens is 494 g/mol. The number of aryl methyl sites for hydroxylation is 3. The molecule has 8 nitrogen and oxygen atoms in total. The first-order valence-electron chi connectivity index (χ1n) is 11.9. The van der Waals surface area contributed by atoms with Crippen LogP contribution in [0.2, 0.25) is 5.02 Å². The number of nitrogens with zero attached hydrogens (tertiary/aromatic N) is 3. The van der Waals surface area contributed by atoms with Crippen molar-refractivity contribution in [3.8, 4) is 16.9 Å². The number of aromatic carboxylic acids is 1. The molecule has 37 heavy (non-hydrogen) atoms. The molecule has 194 valence electrons. The topological polar surface area (TPSA) is 95.6 Å². The van der Waals surface area contributed by atoms with Crippen molar-refractivity contribution in [2.24, 2.45) is 14.1 Å². The molecule has 0 aliphatic carbocycles. The van der Waals surface area contributed by atoms with Gasteiger partial charge in [0.1, 0.15) is 17.2 Å². The lowest BCUT2D eigenvalue weighted by Crippen LogP contribution is -2.08. The van der Waals surface area contributed by atoms with Gasteiger partial charge in [-0.3, -0.25) is 4.68 Å². The fourth-order valence-corrected chi connectivity index (χ4v) is 5.00. The molecule has 2 aromatic heterocycles. The van der Waals surface area contributed by atoms with Crippen LogP contribution in [0.15, 0.2) is 36.4 Å². The molecule has 1 N–H and O–H groups in total. The predicted octanol–water partition coefficient (Wildman–Crippen LogP) is 5.49. The van der Waals surface area contributed by atoms with Crippen molar-refractivity contribution in [1.82, 2.24) is 14.3 Å². The average Bonchev–Trinajstić information content (AvgIpc) is 3.30. The van der Waals surface area contributed by atoms with Gasteiger partial charge in [-0.05, 0) is 49.6 Å². The minimum Gasteiger partial charge on any atom is -0.497 e. The Morgan fingerprint density at radius 1 is 1.05 bits per heavy atom. The van der Waals surface area contributed by atoms with E-state index in [2.05, 4.69) is 5.10 Å². The molecule has 0 saturated carbocycles. The Balaban J connectivity index is 1.79. The highest BCUT2D eigenvalue weighted by Crippen LogP contribution is 2.42. The highest BCUT2D eigenvalue weighted by atomic mass is 35.5. The molecule has 0 aliphatic heterocycles. The van der Waals surface area contributed by atoms with E-state index in [1.165, 1.54) is 6.92 Å². The molecule has 0 spiro atoms. The molecule has 0 atom stereocenters. The van der Waals surface area contributed by atoms with Gasteiger partial charge in [0.15, 0.2) is 0 Å².